The molecule has 1 aliphatic rings. The van der Waals surface area contributed by atoms with Crippen LogP contribution < -0.4 is 5.32 Å². The third-order valence-electron chi connectivity index (χ3n) is 4.04. The predicted octanol–water partition coefficient (Wildman–Crippen LogP) is 1.78. The molecule has 3 aromatic rings. The predicted molar refractivity (Wildman–Crippen MR) is 84.2 cm³/mol. The van der Waals surface area contributed by atoms with Crippen molar-refractivity contribution in [2.24, 2.45) is 0 Å². The molecule has 0 spiro atoms. The second kappa shape index (κ2) is 5.36. The van der Waals surface area contributed by atoms with Crippen molar-refractivity contribution in [1.82, 2.24) is 24.4 Å². The first-order chi connectivity index (χ1) is 10.7. The van der Waals surface area contributed by atoms with Crippen LogP contribution in [0.2, 0.25) is 0 Å². The number of imidazole rings is 1. The Morgan fingerprint density at radius 3 is 3.23 bits per heavy atom. The first kappa shape index (κ1) is 13.7. The molecule has 116 valence electrons. The van der Waals surface area contributed by atoms with Crippen LogP contribution in [-0.2, 0) is 13.0 Å². The Hall–Kier alpha value is -1.93. The lowest BCUT2D eigenvalue weighted by molar-refractivity contribution is 0.266. The highest BCUT2D eigenvalue weighted by molar-refractivity contribution is 7.20. The Kier molecular flexibility index (Phi) is 3.34. The summed E-state index contributed by atoms with van der Waals surface area (Å²) in [5.74, 6) is 0. The average molecular weight is 318 g/mol. The number of aromatic nitrogens is 5. The zero-order chi connectivity index (χ0) is 15.1. The topological polar surface area (TPSA) is 80.3 Å². The van der Waals surface area contributed by atoms with Gasteiger partial charge in [0.1, 0.15) is 0 Å². The van der Waals surface area contributed by atoms with E-state index in [0.29, 0.717) is 6.54 Å². The molecule has 4 rings (SSSR count). The lowest BCUT2D eigenvalue weighted by atomic mass is 9.93. The third-order valence-corrected chi connectivity index (χ3v) is 4.89. The van der Waals surface area contributed by atoms with E-state index in [1.54, 1.807) is 11.3 Å². The van der Waals surface area contributed by atoms with Crippen LogP contribution in [0.25, 0.3) is 4.96 Å². The van der Waals surface area contributed by atoms with Gasteiger partial charge in [0, 0.05) is 11.3 Å². The maximum atomic E-state index is 9.13. The number of nitrogens with one attached hydrogen (secondary N) is 1. The molecule has 0 saturated heterocycles. The Morgan fingerprint density at radius 2 is 2.41 bits per heavy atom. The van der Waals surface area contributed by atoms with E-state index < -0.39 is 0 Å². The van der Waals surface area contributed by atoms with E-state index in [1.165, 1.54) is 11.3 Å². The quantitative estimate of drug-likeness (QED) is 0.766. The molecule has 0 radical (unpaired) electrons. The number of hydrogen-bond acceptors (Lipinski definition) is 6. The smallest absolute Gasteiger partial charge is 0.214 e. The molecule has 0 fully saturated rings. The van der Waals surface area contributed by atoms with Crippen molar-refractivity contribution in [3.8, 4) is 0 Å². The molecule has 2 N–H and O–H groups in total. The highest BCUT2D eigenvalue weighted by atomic mass is 32.1. The standard InChI is InChI=1S/C14H18N6OS/c1-9-8-20-14(16-9)22-13(18-20)17-11-3-2-4-12-10(11)7-15-19(12)5-6-21/h7-8,11,21H,2-6H2,1H3,(H,17,18)/t11-/m1/s1. The largest absolute Gasteiger partial charge is 0.394 e. The molecule has 3 aromatic heterocycles. The van der Waals surface area contributed by atoms with Gasteiger partial charge in [-0.05, 0) is 26.2 Å². The van der Waals surface area contributed by atoms with Crippen LogP contribution in [-0.4, -0.2) is 36.1 Å². The molecule has 1 atom stereocenters. The normalized spacial score (nSPS) is 17.8. The fourth-order valence-electron chi connectivity index (χ4n) is 3.07. The highest BCUT2D eigenvalue weighted by Crippen LogP contribution is 2.33. The number of nitrogens with zero attached hydrogens (tertiary/aromatic N) is 5. The minimum atomic E-state index is 0.120. The van der Waals surface area contributed by atoms with Crippen LogP contribution >= 0.6 is 11.3 Å². The molecule has 1 aliphatic carbocycles. The maximum absolute atomic E-state index is 9.13. The lowest BCUT2D eigenvalue weighted by Gasteiger charge is -2.23. The summed E-state index contributed by atoms with van der Waals surface area (Å²) < 4.78 is 3.74. The zero-order valence-electron chi connectivity index (χ0n) is 12.4. The Bertz CT molecular complexity index is 772. The van der Waals surface area contributed by atoms with Gasteiger partial charge in [0.15, 0.2) is 0 Å². The Morgan fingerprint density at radius 1 is 1.50 bits per heavy atom. The summed E-state index contributed by atoms with van der Waals surface area (Å²) in [5.41, 5.74) is 3.44. The van der Waals surface area contributed by atoms with Crippen molar-refractivity contribution in [2.75, 3.05) is 11.9 Å². The monoisotopic (exact) mass is 318 g/mol. The number of anilines is 1. The minimum Gasteiger partial charge on any atom is -0.394 e. The molecule has 8 heteroatoms. The summed E-state index contributed by atoms with van der Waals surface area (Å²) in [6, 6.07) is 0.230. The molecule has 22 heavy (non-hydrogen) atoms. The van der Waals surface area contributed by atoms with Gasteiger partial charge in [-0.2, -0.15) is 5.10 Å². The molecule has 0 saturated carbocycles. The number of fused-ring (bicyclic) bond motifs is 2. The van der Waals surface area contributed by atoms with Gasteiger partial charge in [-0.25, -0.2) is 9.50 Å². The average Bonchev–Trinajstić information content (AvgIpc) is 3.13. The van der Waals surface area contributed by atoms with Crippen LogP contribution in [0.1, 0.15) is 35.8 Å². The van der Waals surface area contributed by atoms with E-state index in [-0.39, 0.29) is 12.6 Å². The van der Waals surface area contributed by atoms with Crippen LogP contribution in [0.15, 0.2) is 12.4 Å². The summed E-state index contributed by atoms with van der Waals surface area (Å²) in [6.07, 6.45) is 7.06. The second-order valence-electron chi connectivity index (χ2n) is 5.60. The van der Waals surface area contributed by atoms with Crippen molar-refractivity contribution < 1.29 is 5.11 Å². The highest BCUT2D eigenvalue weighted by Gasteiger charge is 2.25. The van der Waals surface area contributed by atoms with Crippen molar-refractivity contribution in [3.05, 3.63) is 29.3 Å². The minimum absolute atomic E-state index is 0.120. The summed E-state index contributed by atoms with van der Waals surface area (Å²) in [5, 5.41) is 22.5. The van der Waals surface area contributed by atoms with Crippen molar-refractivity contribution in [3.63, 3.8) is 0 Å². The summed E-state index contributed by atoms with van der Waals surface area (Å²) in [4.78, 5) is 5.34. The van der Waals surface area contributed by atoms with E-state index in [4.69, 9.17) is 5.11 Å². The van der Waals surface area contributed by atoms with E-state index in [9.17, 15) is 0 Å². The van der Waals surface area contributed by atoms with E-state index >= 15 is 0 Å². The molecule has 0 aliphatic heterocycles. The van der Waals surface area contributed by atoms with Gasteiger partial charge in [0.2, 0.25) is 10.1 Å². The first-order valence-electron chi connectivity index (χ1n) is 7.49. The van der Waals surface area contributed by atoms with Crippen LogP contribution in [0.4, 0.5) is 5.13 Å². The van der Waals surface area contributed by atoms with E-state index in [2.05, 4.69) is 20.5 Å². The number of aliphatic hydroxyl groups is 1. The van der Waals surface area contributed by atoms with Gasteiger partial charge < -0.3 is 10.4 Å². The van der Waals surface area contributed by atoms with E-state index in [1.807, 2.05) is 28.5 Å². The van der Waals surface area contributed by atoms with Gasteiger partial charge in [-0.15, -0.1) is 5.10 Å². The van der Waals surface area contributed by atoms with Gasteiger partial charge in [-0.1, -0.05) is 11.3 Å². The third kappa shape index (κ3) is 2.28. The van der Waals surface area contributed by atoms with Gasteiger partial charge in [0.25, 0.3) is 0 Å². The lowest BCUT2D eigenvalue weighted by Crippen LogP contribution is -2.19. The number of rotatable bonds is 4. The SMILES string of the molecule is Cc1cn2nc(N[C@@H]3CCCc4c3cnn4CCO)sc2n1. The van der Waals surface area contributed by atoms with Gasteiger partial charge >= 0.3 is 0 Å². The van der Waals surface area contributed by atoms with Gasteiger partial charge in [-0.3, -0.25) is 4.68 Å². The maximum Gasteiger partial charge on any atom is 0.214 e. The van der Waals surface area contributed by atoms with E-state index in [0.717, 1.165) is 35.0 Å². The molecular formula is C14H18N6OS. The van der Waals surface area contributed by atoms with Crippen LogP contribution in [0.3, 0.4) is 0 Å². The first-order valence-corrected chi connectivity index (χ1v) is 8.31. The summed E-state index contributed by atoms with van der Waals surface area (Å²) in [6.45, 7) is 2.65. The fraction of sp³-hybridized carbons (Fsp3) is 0.500. The Balaban J connectivity index is 1.60. The molecule has 3 heterocycles. The number of aliphatic hydroxyl groups excluding tert-OH is 1. The Labute approximate surface area is 131 Å². The summed E-state index contributed by atoms with van der Waals surface area (Å²) in [7, 11) is 0. The number of aryl methyl sites for hydroxylation is 1. The van der Waals surface area contributed by atoms with Crippen molar-refractivity contribution in [2.45, 2.75) is 38.8 Å². The van der Waals surface area contributed by atoms with Crippen molar-refractivity contribution in [1.29, 1.82) is 0 Å². The molecule has 0 bridgehead atoms. The number of hydrogen-bond donors (Lipinski definition) is 2. The van der Waals surface area contributed by atoms with Crippen molar-refractivity contribution >= 4 is 21.4 Å². The summed E-state index contributed by atoms with van der Waals surface area (Å²) >= 11 is 1.57. The molecular weight excluding hydrogens is 300 g/mol. The molecule has 0 aromatic carbocycles. The molecule has 0 unspecified atom stereocenters. The zero-order valence-corrected chi connectivity index (χ0v) is 13.2. The van der Waals surface area contributed by atoms with Gasteiger partial charge in [0.05, 0.1) is 37.3 Å². The fourth-order valence-corrected chi connectivity index (χ4v) is 3.95. The molecule has 7 nitrogen and oxygen atoms in total. The van der Waals surface area contributed by atoms with Crippen LogP contribution in [0, 0.1) is 6.92 Å². The second-order valence-corrected chi connectivity index (χ2v) is 6.56. The molecule has 0 amide bonds. The van der Waals surface area contributed by atoms with Crippen LogP contribution in [0.5, 0.6) is 0 Å².